The lowest BCUT2D eigenvalue weighted by molar-refractivity contribution is -0.385. The number of halogens is 3. The monoisotopic (exact) mass is 351 g/mol. The van der Waals surface area contributed by atoms with Crippen LogP contribution in [0.3, 0.4) is 0 Å². The van der Waals surface area contributed by atoms with E-state index in [1.54, 1.807) is 30.3 Å². The van der Waals surface area contributed by atoms with E-state index in [0.717, 1.165) is 15.4 Å². The van der Waals surface area contributed by atoms with Gasteiger partial charge in [-0.1, -0.05) is 30.3 Å². The van der Waals surface area contributed by atoms with Crippen LogP contribution >= 0.6 is 0 Å². The van der Waals surface area contributed by atoms with Crippen molar-refractivity contribution in [3.8, 4) is 17.1 Å². The van der Waals surface area contributed by atoms with Crippen LogP contribution < -0.4 is 0 Å². The van der Waals surface area contributed by atoms with Crippen LogP contribution in [0.4, 0.5) is 18.9 Å². The van der Waals surface area contributed by atoms with Gasteiger partial charge in [0.05, 0.1) is 10.6 Å². The van der Waals surface area contributed by atoms with Gasteiger partial charge in [0.2, 0.25) is 5.82 Å². The van der Waals surface area contributed by atoms with E-state index in [1.807, 2.05) is 0 Å². The summed E-state index contributed by atoms with van der Waals surface area (Å²) < 4.78 is 41.5. The smallest absolute Gasteiger partial charge is 0.258 e. The van der Waals surface area contributed by atoms with E-state index in [4.69, 9.17) is 0 Å². The summed E-state index contributed by atoms with van der Waals surface area (Å²) in [5.74, 6) is -0.142. The van der Waals surface area contributed by atoms with E-state index in [1.165, 1.54) is 14.0 Å². The number of alkyl halides is 3. The van der Waals surface area contributed by atoms with Crippen molar-refractivity contribution in [3.05, 3.63) is 57.9 Å². The lowest BCUT2D eigenvalue weighted by Crippen LogP contribution is -2.11. The molecule has 0 saturated heterocycles. The van der Waals surface area contributed by atoms with Gasteiger partial charge in [-0.2, -0.15) is 23.4 Å². The van der Waals surface area contributed by atoms with E-state index >= 15 is 0 Å². The predicted octanol–water partition coefficient (Wildman–Crippen LogP) is 3.51. The average molecular weight is 351 g/mol. The molecule has 2 aromatic heterocycles. The number of hydrogen-bond acceptors (Lipinski definition) is 4. The van der Waals surface area contributed by atoms with Crippen LogP contribution in [0.15, 0.2) is 36.4 Å². The molecule has 1 aromatic carbocycles. The Bertz CT molecular complexity index is 944. The SMILES string of the molecule is Cc1nn(C)c(-n2nc(C(F)(F)F)cc2-c2ccccc2)c1[N+](=O)[O-]. The van der Waals surface area contributed by atoms with Gasteiger partial charge in [-0.3, -0.25) is 10.1 Å². The molecular weight excluding hydrogens is 339 g/mol. The zero-order valence-electron chi connectivity index (χ0n) is 13.2. The third-order valence-corrected chi connectivity index (χ3v) is 3.61. The first-order valence-corrected chi connectivity index (χ1v) is 7.11. The molecule has 0 amide bonds. The van der Waals surface area contributed by atoms with Crippen LogP contribution in [-0.4, -0.2) is 24.5 Å². The van der Waals surface area contributed by atoms with Crippen LogP contribution in [-0.2, 0) is 13.2 Å². The average Bonchev–Trinajstić information content (AvgIpc) is 3.08. The largest absolute Gasteiger partial charge is 0.435 e. The maximum atomic E-state index is 13.1. The molecule has 0 spiro atoms. The normalized spacial score (nSPS) is 11.7. The third-order valence-electron chi connectivity index (χ3n) is 3.61. The standard InChI is InChI=1S/C15H12F3N5O2/c1-9-13(23(24)25)14(21(2)19-9)22-11(10-6-4-3-5-7-10)8-12(20-22)15(16,17)18/h3-8H,1-2H3. The van der Waals surface area contributed by atoms with Crippen molar-refractivity contribution in [1.29, 1.82) is 0 Å². The maximum Gasteiger partial charge on any atom is 0.435 e. The van der Waals surface area contributed by atoms with E-state index in [0.29, 0.717) is 5.56 Å². The number of nitro groups is 1. The Morgan fingerprint density at radius 1 is 1.16 bits per heavy atom. The molecule has 0 atom stereocenters. The number of rotatable bonds is 3. The highest BCUT2D eigenvalue weighted by molar-refractivity contribution is 5.65. The number of aryl methyl sites for hydroxylation is 2. The second kappa shape index (κ2) is 5.72. The Morgan fingerprint density at radius 3 is 2.36 bits per heavy atom. The Kier molecular flexibility index (Phi) is 3.82. The molecule has 130 valence electrons. The summed E-state index contributed by atoms with van der Waals surface area (Å²) in [5.41, 5.74) is -0.917. The second-order valence-electron chi connectivity index (χ2n) is 5.33. The fourth-order valence-electron chi connectivity index (χ4n) is 2.58. The molecule has 0 aliphatic rings. The predicted molar refractivity (Wildman–Crippen MR) is 82.2 cm³/mol. The van der Waals surface area contributed by atoms with Gasteiger partial charge in [0.1, 0.15) is 5.69 Å². The van der Waals surface area contributed by atoms with E-state index in [2.05, 4.69) is 10.2 Å². The van der Waals surface area contributed by atoms with E-state index < -0.39 is 22.5 Å². The molecule has 0 fully saturated rings. The molecule has 0 bridgehead atoms. The molecule has 0 N–H and O–H groups in total. The van der Waals surface area contributed by atoms with Crippen molar-refractivity contribution in [2.75, 3.05) is 0 Å². The Balaban J connectivity index is 2.34. The maximum absolute atomic E-state index is 13.1. The number of hydrogen-bond donors (Lipinski definition) is 0. The summed E-state index contributed by atoms with van der Waals surface area (Å²) in [4.78, 5) is 10.7. The van der Waals surface area contributed by atoms with E-state index in [9.17, 15) is 23.3 Å². The van der Waals surface area contributed by atoms with Crippen molar-refractivity contribution >= 4 is 5.69 Å². The van der Waals surface area contributed by atoms with Gasteiger partial charge in [-0.25, -0.2) is 9.36 Å². The molecule has 0 aliphatic heterocycles. The van der Waals surface area contributed by atoms with Gasteiger partial charge in [-0.05, 0) is 13.0 Å². The quantitative estimate of drug-likeness (QED) is 0.534. The molecular formula is C15H12F3N5O2. The second-order valence-corrected chi connectivity index (χ2v) is 5.33. The number of aromatic nitrogens is 4. The van der Waals surface area contributed by atoms with E-state index in [-0.39, 0.29) is 17.2 Å². The van der Waals surface area contributed by atoms with Crippen LogP contribution in [0.2, 0.25) is 0 Å². The lowest BCUT2D eigenvalue weighted by atomic mass is 10.1. The van der Waals surface area contributed by atoms with Gasteiger partial charge >= 0.3 is 11.9 Å². The molecule has 10 heteroatoms. The molecule has 3 aromatic rings. The lowest BCUT2D eigenvalue weighted by Gasteiger charge is -2.07. The minimum Gasteiger partial charge on any atom is -0.258 e. The van der Waals surface area contributed by atoms with Gasteiger partial charge in [-0.15, -0.1) is 0 Å². The summed E-state index contributed by atoms with van der Waals surface area (Å²) in [6.45, 7) is 1.41. The number of nitrogens with zero attached hydrogens (tertiary/aromatic N) is 5. The van der Waals surface area contributed by atoms with Crippen LogP contribution in [0, 0.1) is 17.0 Å². The van der Waals surface area contributed by atoms with Crippen molar-refractivity contribution in [3.63, 3.8) is 0 Å². The highest BCUT2D eigenvalue weighted by Crippen LogP contribution is 2.35. The summed E-state index contributed by atoms with van der Waals surface area (Å²) in [6.07, 6.45) is -4.68. The molecule has 3 rings (SSSR count). The molecule has 25 heavy (non-hydrogen) atoms. The zero-order valence-corrected chi connectivity index (χ0v) is 13.2. The van der Waals surface area contributed by atoms with Crippen molar-refractivity contribution in [2.24, 2.45) is 7.05 Å². The number of benzene rings is 1. The van der Waals surface area contributed by atoms with Gasteiger partial charge in [0.15, 0.2) is 5.69 Å². The summed E-state index contributed by atoms with van der Waals surface area (Å²) >= 11 is 0. The molecule has 2 heterocycles. The first-order chi connectivity index (χ1) is 11.7. The fourth-order valence-corrected chi connectivity index (χ4v) is 2.58. The first-order valence-electron chi connectivity index (χ1n) is 7.11. The van der Waals surface area contributed by atoms with Gasteiger partial charge in [0.25, 0.3) is 0 Å². The van der Waals surface area contributed by atoms with Crippen molar-refractivity contribution in [1.82, 2.24) is 19.6 Å². The Morgan fingerprint density at radius 2 is 1.80 bits per heavy atom. The van der Waals surface area contributed by atoms with Crippen LogP contribution in [0.5, 0.6) is 0 Å². The topological polar surface area (TPSA) is 78.8 Å². The Labute approximate surface area is 139 Å². The van der Waals surface area contributed by atoms with Gasteiger partial charge in [0, 0.05) is 12.6 Å². The molecule has 0 radical (unpaired) electrons. The summed E-state index contributed by atoms with van der Waals surface area (Å²) in [5, 5.41) is 18.9. The van der Waals surface area contributed by atoms with Crippen LogP contribution in [0.25, 0.3) is 17.1 Å². The molecule has 0 saturated carbocycles. The Hall–Kier alpha value is -3.17. The zero-order chi connectivity index (χ0) is 18.4. The summed E-state index contributed by atoms with van der Waals surface area (Å²) in [6, 6.07) is 9.09. The summed E-state index contributed by atoms with van der Waals surface area (Å²) in [7, 11) is 1.42. The molecule has 0 unspecified atom stereocenters. The highest BCUT2D eigenvalue weighted by atomic mass is 19.4. The van der Waals surface area contributed by atoms with Crippen LogP contribution in [0.1, 0.15) is 11.4 Å². The van der Waals surface area contributed by atoms with Crippen molar-refractivity contribution in [2.45, 2.75) is 13.1 Å². The van der Waals surface area contributed by atoms with Gasteiger partial charge < -0.3 is 0 Å². The third kappa shape index (κ3) is 2.86. The fraction of sp³-hybridized carbons (Fsp3) is 0.200. The first kappa shape index (κ1) is 16.7. The molecule has 0 aliphatic carbocycles. The highest BCUT2D eigenvalue weighted by Gasteiger charge is 2.37. The minimum atomic E-state index is -4.68. The van der Waals surface area contributed by atoms with Crippen molar-refractivity contribution < 1.29 is 18.1 Å². The minimum absolute atomic E-state index is 0.0824. The molecule has 7 nitrogen and oxygen atoms in total.